The van der Waals surface area contributed by atoms with Gasteiger partial charge in [0.2, 0.25) is 5.95 Å². The minimum absolute atomic E-state index is 0.590. The molecule has 1 aliphatic heterocycles. The highest BCUT2D eigenvalue weighted by molar-refractivity contribution is 6.05. The molecule has 0 spiro atoms. The summed E-state index contributed by atoms with van der Waals surface area (Å²) in [7, 11) is 0. The molecule has 1 fully saturated rings. The van der Waals surface area contributed by atoms with Crippen LogP contribution in [-0.4, -0.2) is 32.3 Å². The number of aliphatic imine (C=N–C) groups is 1. The number of fused-ring (bicyclic) bond motifs is 1. The number of aromatic amines is 1. The third-order valence-electron chi connectivity index (χ3n) is 4.99. The van der Waals surface area contributed by atoms with Gasteiger partial charge in [-0.3, -0.25) is 4.99 Å². The largest absolute Gasteiger partial charge is 0.350 e. The molecule has 3 N–H and O–H groups in total. The van der Waals surface area contributed by atoms with Gasteiger partial charge in [0, 0.05) is 12.7 Å². The van der Waals surface area contributed by atoms with Crippen LogP contribution in [0.4, 0.5) is 11.8 Å². The van der Waals surface area contributed by atoms with E-state index in [1.165, 1.54) is 18.4 Å². The first-order valence-corrected chi connectivity index (χ1v) is 9.26. The second-order valence-electron chi connectivity index (χ2n) is 7.15. The van der Waals surface area contributed by atoms with Crippen LogP contribution in [0.1, 0.15) is 24.0 Å². The van der Waals surface area contributed by atoms with E-state index >= 15 is 0 Å². The van der Waals surface area contributed by atoms with Crippen molar-refractivity contribution in [2.75, 3.05) is 17.2 Å². The lowest BCUT2D eigenvalue weighted by molar-refractivity contribution is 0.959. The number of hydrogen-bond acceptors (Lipinski definition) is 6. The summed E-state index contributed by atoms with van der Waals surface area (Å²) in [6.45, 7) is 3.53. The molecule has 136 valence electrons. The molecule has 1 aliphatic carbocycles. The molecule has 0 saturated heterocycles. The summed E-state index contributed by atoms with van der Waals surface area (Å²) < 4.78 is 0. The Labute approximate surface area is 157 Å². The van der Waals surface area contributed by atoms with E-state index in [-0.39, 0.29) is 0 Å². The van der Waals surface area contributed by atoms with Crippen LogP contribution in [0.3, 0.4) is 0 Å². The second kappa shape index (κ2) is 6.50. The number of amidine groups is 1. The maximum atomic E-state index is 4.55. The predicted molar refractivity (Wildman–Crippen MR) is 107 cm³/mol. The molecule has 27 heavy (non-hydrogen) atoms. The third kappa shape index (κ3) is 3.40. The van der Waals surface area contributed by atoms with Gasteiger partial charge in [0.15, 0.2) is 0 Å². The minimum Gasteiger partial charge on any atom is -0.350 e. The highest BCUT2D eigenvalue weighted by Gasteiger charge is 2.27. The fraction of sp³-hybridized carbons (Fsp3) is 0.300. The zero-order valence-electron chi connectivity index (χ0n) is 15.2. The van der Waals surface area contributed by atoms with E-state index in [1.807, 2.05) is 6.07 Å². The summed E-state index contributed by atoms with van der Waals surface area (Å²) in [4.78, 5) is 20.9. The number of aromatic nitrogens is 4. The Kier molecular flexibility index (Phi) is 3.85. The number of aryl methyl sites for hydroxylation is 1. The lowest BCUT2D eigenvalue weighted by Crippen LogP contribution is -2.10. The van der Waals surface area contributed by atoms with Gasteiger partial charge in [-0.05, 0) is 60.6 Å². The fourth-order valence-corrected chi connectivity index (χ4v) is 3.45. The number of hydrogen-bond donors (Lipinski definition) is 3. The van der Waals surface area contributed by atoms with Crippen molar-refractivity contribution in [1.29, 1.82) is 0 Å². The number of nitrogens with zero attached hydrogens (tertiary/aromatic N) is 4. The number of H-pyrrole nitrogens is 1. The molecule has 0 unspecified atom stereocenters. The van der Waals surface area contributed by atoms with Crippen LogP contribution in [0.15, 0.2) is 47.4 Å². The van der Waals surface area contributed by atoms with Gasteiger partial charge < -0.3 is 15.6 Å². The molecule has 3 aromatic rings. The predicted octanol–water partition coefficient (Wildman–Crippen LogP) is 3.43. The van der Waals surface area contributed by atoms with E-state index in [9.17, 15) is 0 Å². The molecule has 7 heteroatoms. The van der Waals surface area contributed by atoms with Crippen molar-refractivity contribution in [3.8, 4) is 0 Å². The van der Waals surface area contributed by atoms with Crippen LogP contribution in [0.2, 0.25) is 0 Å². The minimum atomic E-state index is 0.590. The van der Waals surface area contributed by atoms with Crippen molar-refractivity contribution < 1.29 is 0 Å². The van der Waals surface area contributed by atoms with Crippen LogP contribution < -0.4 is 10.6 Å². The van der Waals surface area contributed by atoms with Gasteiger partial charge in [-0.1, -0.05) is 6.07 Å². The summed E-state index contributed by atoms with van der Waals surface area (Å²) in [5, 5.41) is 6.59. The van der Waals surface area contributed by atoms with Crippen molar-refractivity contribution in [3.05, 3.63) is 53.5 Å². The van der Waals surface area contributed by atoms with Gasteiger partial charge in [0.25, 0.3) is 0 Å². The van der Waals surface area contributed by atoms with Crippen molar-refractivity contribution in [3.63, 3.8) is 0 Å². The smallest absolute Gasteiger partial charge is 0.224 e. The first-order valence-electron chi connectivity index (χ1n) is 9.26. The number of benzene rings is 1. The summed E-state index contributed by atoms with van der Waals surface area (Å²) in [5.74, 6) is 2.99. The second-order valence-corrected chi connectivity index (χ2v) is 7.15. The molecule has 0 amide bonds. The molecule has 3 heterocycles. The molecule has 2 aromatic heterocycles. The molecular weight excluding hydrogens is 338 g/mol. The molecular formula is C20H21N7. The topological polar surface area (TPSA) is 90.9 Å². The molecule has 7 nitrogen and oxygen atoms in total. The molecule has 1 saturated carbocycles. The van der Waals surface area contributed by atoms with Crippen LogP contribution in [0.25, 0.3) is 11.0 Å². The lowest BCUT2D eigenvalue weighted by atomic mass is 10.1. The van der Waals surface area contributed by atoms with E-state index in [1.54, 1.807) is 12.5 Å². The number of imidazole rings is 1. The monoisotopic (exact) mass is 359 g/mol. The van der Waals surface area contributed by atoms with Crippen molar-refractivity contribution >= 4 is 28.6 Å². The van der Waals surface area contributed by atoms with Crippen LogP contribution >= 0.6 is 0 Å². The molecule has 0 radical (unpaired) electrons. The molecule has 2 aliphatic rings. The van der Waals surface area contributed by atoms with Gasteiger partial charge >= 0.3 is 0 Å². The number of nitrogens with one attached hydrogen (secondary N) is 3. The summed E-state index contributed by atoms with van der Waals surface area (Å²) in [6.07, 6.45) is 8.25. The van der Waals surface area contributed by atoms with Crippen LogP contribution in [-0.2, 0) is 6.54 Å². The van der Waals surface area contributed by atoms with Crippen molar-refractivity contribution in [2.24, 2.45) is 10.9 Å². The Hall–Kier alpha value is -3.22. The van der Waals surface area contributed by atoms with Gasteiger partial charge in [0.05, 0.1) is 23.9 Å². The highest BCUT2D eigenvalue weighted by Crippen LogP contribution is 2.37. The van der Waals surface area contributed by atoms with E-state index < -0.39 is 0 Å². The van der Waals surface area contributed by atoms with Gasteiger partial charge in [0.1, 0.15) is 11.7 Å². The SMILES string of the molecule is Cc1cc(CNc2nccc(NC3=NCC(C4CC4)=C3)n2)cc2[nH]cnc12. The molecule has 0 bridgehead atoms. The Bertz CT molecular complexity index is 1060. The Morgan fingerprint density at radius 1 is 1.22 bits per heavy atom. The average molecular weight is 359 g/mol. The maximum Gasteiger partial charge on any atom is 0.224 e. The molecule has 1 aromatic carbocycles. The lowest BCUT2D eigenvalue weighted by Gasteiger charge is -2.08. The Morgan fingerprint density at radius 3 is 3.04 bits per heavy atom. The van der Waals surface area contributed by atoms with Gasteiger partial charge in [-0.2, -0.15) is 4.98 Å². The zero-order chi connectivity index (χ0) is 18.2. The Morgan fingerprint density at radius 2 is 2.15 bits per heavy atom. The fourth-order valence-electron chi connectivity index (χ4n) is 3.45. The standard InChI is InChI=1S/C20H21N7/c1-12-6-13(7-16-19(12)25-11-24-16)9-23-20-21-5-4-17(27-20)26-18-8-15(10-22-18)14-2-3-14/h4-8,11,14H,2-3,9-10H2,1H3,(H,24,25)(H2,21,22,23,26,27). The first-order chi connectivity index (χ1) is 13.2. The molecule has 0 atom stereocenters. The average Bonchev–Trinajstić information content (AvgIpc) is 3.22. The van der Waals surface area contributed by atoms with Crippen molar-refractivity contribution in [2.45, 2.75) is 26.3 Å². The van der Waals surface area contributed by atoms with Gasteiger partial charge in [-0.25, -0.2) is 9.97 Å². The van der Waals surface area contributed by atoms with E-state index in [0.717, 1.165) is 46.3 Å². The Balaban J connectivity index is 1.26. The quantitative estimate of drug-likeness (QED) is 0.649. The summed E-state index contributed by atoms with van der Waals surface area (Å²) in [5.41, 5.74) is 5.80. The zero-order valence-corrected chi connectivity index (χ0v) is 15.2. The van der Waals surface area contributed by atoms with Crippen LogP contribution in [0, 0.1) is 12.8 Å². The number of anilines is 2. The number of rotatable bonds is 5. The summed E-state index contributed by atoms with van der Waals surface area (Å²) >= 11 is 0. The normalized spacial score (nSPS) is 16.3. The van der Waals surface area contributed by atoms with E-state index in [0.29, 0.717) is 12.5 Å². The highest BCUT2D eigenvalue weighted by atomic mass is 15.2. The van der Waals surface area contributed by atoms with Crippen LogP contribution in [0.5, 0.6) is 0 Å². The van der Waals surface area contributed by atoms with Crippen molar-refractivity contribution in [1.82, 2.24) is 19.9 Å². The first kappa shape index (κ1) is 16.0. The van der Waals surface area contributed by atoms with Gasteiger partial charge in [-0.15, -0.1) is 0 Å². The summed E-state index contributed by atoms with van der Waals surface area (Å²) in [6, 6.07) is 6.09. The third-order valence-corrected chi connectivity index (χ3v) is 4.99. The maximum absolute atomic E-state index is 4.55. The molecule has 5 rings (SSSR count). The van der Waals surface area contributed by atoms with E-state index in [4.69, 9.17) is 0 Å². The van der Waals surface area contributed by atoms with E-state index in [2.05, 4.69) is 60.7 Å².